The van der Waals surface area contributed by atoms with Crippen molar-refractivity contribution in [2.45, 2.75) is 58.6 Å². The molecule has 6 nitrogen and oxygen atoms in total. The minimum absolute atomic E-state index is 0.0435. The molecule has 1 aliphatic rings. The Labute approximate surface area is 200 Å². The maximum absolute atomic E-state index is 13.7. The second-order valence-corrected chi connectivity index (χ2v) is 9.65. The van der Waals surface area contributed by atoms with Crippen LogP contribution >= 0.6 is 0 Å². The van der Waals surface area contributed by atoms with Crippen LogP contribution in [0.25, 0.3) is 21.9 Å². The highest BCUT2D eigenvalue weighted by Gasteiger charge is 2.33. The summed E-state index contributed by atoms with van der Waals surface area (Å²) in [5.41, 5.74) is 2.66. The molecule has 1 amide bonds. The lowest BCUT2D eigenvalue weighted by atomic mass is 9.82. The zero-order chi connectivity index (χ0) is 24.6. The van der Waals surface area contributed by atoms with Gasteiger partial charge in [0.25, 0.3) is 0 Å². The van der Waals surface area contributed by atoms with Gasteiger partial charge in [0.1, 0.15) is 11.2 Å². The summed E-state index contributed by atoms with van der Waals surface area (Å²) in [6.07, 6.45) is 4.45. The Kier molecular flexibility index (Phi) is 6.80. The highest BCUT2D eigenvalue weighted by atomic mass is 16.5. The molecule has 1 aliphatic carbocycles. The van der Waals surface area contributed by atoms with E-state index in [-0.39, 0.29) is 17.9 Å². The third-order valence-electron chi connectivity index (χ3n) is 6.96. The van der Waals surface area contributed by atoms with Crippen LogP contribution < -0.4 is 4.90 Å². The number of nitrogens with zero attached hydrogens (tertiary/aromatic N) is 1. The Hall–Kier alpha value is -3.12. The molecule has 4 rings (SSSR count). The van der Waals surface area contributed by atoms with E-state index in [9.17, 15) is 14.7 Å². The van der Waals surface area contributed by atoms with E-state index < -0.39 is 12.1 Å². The van der Waals surface area contributed by atoms with Gasteiger partial charge in [0.15, 0.2) is 0 Å². The molecule has 1 N–H and O–H groups in total. The van der Waals surface area contributed by atoms with E-state index >= 15 is 0 Å². The lowest BCUT2D eigenvalue weighted by Crippen LogP contribution is -2.43. The number of aliphatic hydroxyl groups is 1. The molecule has 1 atom stereocenters. The Morgan fingerprint density at radius 3 is 2.41 bits per heavy atom. The molecule has 1 aromatic heterocycles. The number of hydrogen-bond donors (Lipinski definition) is 1. The Bertz CT molecular complexity index is 1230. The smallest absolute Gasteiger partial charge is 0.340 e. The quantitative estimate of drug-likeness (QED) is 0.350. The van der Waals surface area contributed by atoms with Crippen LogP contribution in [0.3, 0.4) is 0 Å². The predicted octanol–water partition coefficient (Wildman–Crippen LogP) is 6.16. The molecule has 34 heavy (non-hydrogen) atoms. The molecule has 0 saturated heterocycles. The SMILES string of the molecule is C=CC(O)c1ccc2oc3cc(C(=O)OC)c(N(C(=O)C4CCC(C)CC4)C(C)C)cc3c2c1. The molecule has 2 aromatic carbocycles. The molecular formula is C28H33NO5. The maximum Gasteiger partial charge on any atom is 0.340 e. The van der Waals surface area contributed by atoms with Gasteiger partial charge in [-0.15, -0.1) is 6.58 Å². The van der Waals surface area contributed by atoms with Crippen LogP contribution in [0.2, 0.25) is 0 Å². The van der Waals surface area contributed by atoms with E-state index in [1.807, 2.05) is 26.0 Å². The molecule has 0 bridgehead atoms. The van der Waals surface area contributed by atoms with Crippen LogP contribution in [-0.2, 0) is 9.53 Å². The zero-order valence-electron chi connectivity index (χ0n) is 20.3. The second kappa shape index (κ2) is 9.63. The summed E-state index contributed by atoms with van der Waals surface area (Å²) in [5.74, 6) is 0.101. The summed E-state index contributed by atoms with van der Waals surface area (Å²) in [7, 11) is 1.34. The summed E-state index contributed by atoms with van der Waals surface area (Å²) < 4.78 is 11.1. The number of methoxy groups -OCH3 is 1. The third kappa shape index (κ3) is 4.34. The van der Waals surface area contributed by atoms with E-state index in [0.29, 0.717) is 33.9 Å². The molecule has 1 saturated carbocycles. The lowest BCUT2D eigenvalue weighted by molar-refractivity contribution is -0.123. The molecule has 0 spiro atoms. The number of carbonyl (C=O) groups is 2. The minimum atomic E-state index is -0.800. The van der Waals surface area contributed by atoms with Gasteiger partial charge in [-0.3, -0.25) is 4.79 Å². The highest BCUT2D eigenvalue weighted by Crippen LogP contribution is 2.38. The van der Waals surface area contributed by atoms with Crippen molar-refractivity contribution < 1.29 is 23.8 Å². The molecule has 6 heteroatoms. The summed E-state index contributed by atoms with van der Waals surface area (Å²) in [6, 6.07) is 8.80. The maximum atomic E-state index is 13.7. The predicted molar refractivity (Wildman–Crippen MR) is 134 cm³/mol. The van der Waals surface area contributed by atoms with Gasteiger partial charge in [-0.1, -0.05) is 19.1 Å². The van der Waals surface area contributed by atoms with Gasteiger partial charge < -0.3 is 19.2 Å². The molecule has 0 aliphatic heterocycles. The van der Waals surface area contributed by atoms with E-state index in [4.69, 9.17) is 9.15 Å². The number of fused-ring (bicyclic) bond motifs is 3. The van der Waals surface area contributed by atoms with Crippen LogP contribution in [0, 0.1) is 11.8 Å². The van der Waals surface area contributed by atoms with Gasteiger partial charge >= 0.3 is 5.97 Å². The first-order valence-corrected chi connectivity index (χ1v) is 12.0. The van der Waals surface area contributed by atoms with Crippen molar-refractivity contribution in [2.24, 2.45) is 11.8 Å². The number of anilines is 1. The molecular weight excluding hydrogens is 430 g/mol. The van der Waals surface area contributed by atoms with Crippen molar-refractivity contribution in [3.63, 3.8) is 0 Å². The van der Waals surface area contributed by atoms with Crippen LogP contribution in [0.4, 0.5) is 5.69 Å². The number of aliphatic hydroxyl groups excluding tert-OH is 1. The van der Waals surface area contributed by atoms with Gasteiger partial charge in [0, 0.05) is 22.7 Å². The average molecular weight is 464 g/mol. The monoisotopic (exact) mass is 463 g/mol. The van der Waals surface area contributed by atoms with Crippen LogP contribution in [0.1, 0.15) is 68.5 Å². The number of rotatable bonds is 6. The number of esters is 1. The average Bonchev–Trinajstić information content (AvgIpc) is 3.19. The van der Waals surface area contributed by atoms with Gasteiger partial charge in [-0.05, 0) is 75.3 Å². The van der Waals surface area contributed by atoms with E-state index in [2.05, 4.69) is 13.5 Å². The topological polar surface area (TPSA) is 80.0 Å². The van der Waals surface area contributed by atoms with E-state index in [1.165, 1.54) is 13.2 Å². The van der Waals surface area contributed by atoms with E-state index in [1.54, 1.807) is 23.1 Å². The van der Waals surface area contributed by atoms with Crippen molar-refractivity contribution in [2.75, 3.05) is 12.0 Å². The summed E-state index contributed by atoms with van der Waals surface area (Å²) in [4.78, 5) is 28.3. The third-order valence-corrected chi connectivity index (χ3v) is 6.96. The van der Waals surface area contributed by atoms with Crippen molar-refractivity contribution >= 4 is 39.5 Å². The number of amides is 1. The van der Waals surface area contributed by atoms with Crippen LogP contribution in [-0.4, -0.2) is 30.1 Å². The van der Waals surface area contributed by atoms with Gasteiger partial charge in [0.05, 0.1) is 24.5 Å². The standard InChI is InChI=1S/C28H33NO5/c1-6-24(30)19-11-12-25-20(13-19)21-14-23(22(28(32)33-5)15-26(21)34-25)29(16(2)3)27(31)18-9-7-17(4)8-10-18/h6,11-18,24,30H,1,7-10H2,2-5H3. The first kappa shape index (κ1) is 24.0. The Morgan fingerprint density at radius 1 is 1.12 bits per heavy atom. The highest BCUT2D eigenvalue weighted by molar-refractivity contribution is 6.12. The normalized spacial score (nSPS) is 19.4. The number of ether oxygens (including phenoxy) is 1. The summed E-state index contributed by atoms with van der Waals surface area (Å²) >= 11 is 0. The number of hydrogen-bond acceptors (Lipinski definition) is 5. The summed E-state index contributed by atoms with van der Waals surface area (Å²) in [6.45, 7) is 9.81. The van der Waals surface area contributed by atoms with Gasteiger partial charge in [-0.25, -0.2) is 4.79 Å². The van der Waals surface area contributed by atoms with Gasteiger partial charge in [-0.2, -0.15) is 0 Å². The Balaban J connectivity index is 1.89. The lowest BCUT2D eigenvalue weighted by Gasteiger charge is -2.34. The molecule has 1 unspecified atom stereocenters. The van der Waals surface area contributed by atoms with Crippen molar-refractivity contribution in [1.29, 1.82) is 0 Å². The van der Waals surface area contributed by atoms with Crippen LogP contribution in [0.15, 0.2) is 47.4 Å². The molecule has 3 aromatic rings. The molecule has 180 valence electrons. The first-order valence-electron chi connectivity index (χ1n) is 12.0. The first-order chi connectivity index (χ1) is 16.2. The van der Waals surface area contributed by atoms with Crippen LogP contribution in [0.5, 0.6) is 0 Å². The molecule has 1 heterocycles. The Morgan fingerprint density at radius 2 is 1.79 bits per heavy atom. The fourth-order valence-corrected chi connectivity index (χ4v) is 4.98. The van der Waals surface area contributed by atoms with Crippen molar-refractivity contribution in [3.8, 4) is 0 Å². The van der Waals surface area contributed by atoms with Gasteiger partial charge in [0.2, 0.25) is 5.91 Å². The molecule has 0 radical (unpaired) electrons. The number of furan rings is 1. The second-order valence-electron chi connectivity index (χ2n) is 9.65. The summed E-state index contributed by atoms with van der Waals surface area (Å²) in [5, 5.41) is 11.8. The van der Waals surface area contributed by atoms with Crippen molar-refractivity contribution in [1.82, 2.24) is 0 Å². The number of carbonyl (C=O) groups excluding carboxylic acids is 2. The van der Waals surface area contributed by atoms with Crippen molar-refractivity contribution in [3.05, 3.63) is 54.1 Å². The fraction of sp³-hybridized carbons (Fsp3) is 0.429. The zero-order valence-corrected chi connectivity index (χ0v) is 20.3. The fourth-order valence-electron chi connectivity index (χ4n) is 4.98. The number of benzene rings is 2. The molecule has 1 fully saturated rings. The minimum Gasteiger partial charge on any atom is -0.465 e. The largest absolute Gasteiger partial charge is 0.465 e. The van der Waals surface area contributed by atoms with E-state index in [0.717, 1.165) is 36.5 Å².